The van der Waals surface area contributed by atoms with Gasteiger partial charge in [-0.3, -0.25) is 4.79 Å². The third-order valence-corrected chi connectivity index (χ3v) is 4.04. The zero-order valence-corrected chi connectivity index (χ0v) is 9.88. The monoisotopic (exact) mass is 282 g/mol. The van der Waals surface area contributed by atoms with Gasteiger partial charge in [-0.15, -0.1) is 11.3 Å². The van der Waals surface area contributed by atoms with E-state index in [0.29, 0.717) is 6.42 Å². The van der Waals surface area contributed by atoms with E-state index in [2.05, 4.69) is 15.9 Å². The summed E-state index contributed by atoms with van der Waals surface area (Å²) >= 11 is 10.6. The maximum absolute atomic E-state index is 10.2. The molecule has 0 radical (unpaired) electrons. The second-order valence-electron chi connectivity index (χ2n) is 2.58. The lowest BCUT2D eigenvalue weighted by Gasteiger charge is -1.92. The van der Waals surface area contributed by atoms with Gasteiger partial charge in [-0.2, -0.15) is 0 Å². The number of aliphatic carboxylic acids is 1. The molecule has 1 aromatic heterocycles. The lowest BCUT2D eigenvalue weighted by molar-refractivity contribution is -0.137. The zero-order chi connectivity index (χ0) is 9.84. The van der Waals surface area contributed by atoms with Crippen molar-refractivity contribution in [3.8, 4) is 0 Å². The summed E-state index contributed by atoms with van der Waals surface area (Å²) in [5.41, 5.74) is 0. The van der Waals surface area contributed by atoms with Crippen LogP contribution in [0.3, 0.4) is 0 Å². The molecule has 1 N–H and O–H groups in total. The highest BCUT2D eigenvalue weighted by molar-refractivity contribution is 9.10. The molecular weight excluding hydrogens is 276 g/mol. The number of halogens is 2. The Morgan fingerprint density at radius 3 is 2.85 bits per heavy atom. The van der Waals surface area contributed by atoms with Crippen molar-refractivity contribution in [1.29, 1.82) is 0 Å². The van der Waals surface area contributed by atoms with Crippen LogP contribution in [-0.4, -0.2) is 11.1 Å². The fraction of sp³-hybridized carbons (Fsp3) is 0.375. The summed E-state index contributed by atoms with van der Waals surface area (Å²) in [7, 11) is 0. The van der Waals surface area contributed by atoms with Crippen LogP contribution in [0.1, 0.15) is 17.7 Å². The molecule has 13 heavy (non-hydrogen) atoms. The van der Waals surface area contributed by atoms with E-state index in [4.69, 9.17) is 16.7 Å². The number of aryl methyl sites for hydroxylation is 1. The fourth-order valence-corrected chi connectivity index (χ4v) is 2.76. The zero-order valence-electron chi connectivity index (χ0n) is 6.72. The molecule has 0 saturated heterocycles. The minimum absolute atomic E-state index is 0.215. The Labute approximate surface area is 93.7 Å². The fourth-order valence-electron chi connectivity index (χ4n) is 0.928. The summed E-state index contributed by atoms with van der Waals surface area (Å²) in [6.45, 7) is 0. The molecule has 0 aliphatic rings. The minimum atomic E-state index is -0.748. The number of thiophene rings is 1. The van der Waals surface area contributed by atoms with Crippen LogP contribution in [0.4, 0.5) is 0 Å². The predicted molar refractivity (Wildman–Crippen MR) is 57.6 cm³/mol. The lowest BCUT2D eigenvalue weighted by Crippen LogP contribution is -1.94. The van der Waals surface area contributed by atoms with Gasteiger partial charge in [0.1, 0.15) is 4.34 Å². The summed E-state index contributed by atoms with van der Waals surface area (Å²) in [6.07, 6.45) is 1.66. The van der Waals surface area contributed by atoms with Crippen LogP contribution < -0.4 is 0 Å². The molecule has 1 aromatic rings. The Morgan fingerprint density at radius 1 is 1.69 bits per heavy atom. The van der Waals surface area contributed by atoms with Crippen LogP contribution in [0.25, 0.3) is 0 Å². The maximum Gasteiger partial charge on any atom is 0.303 e. The largest absolute Gasteiger partial charge is 0.481 e. The molecule has 0 saturated carbocycles. The summed E-state index contributed by atoms with van der Waals surface area (Å²) in [6, 6.07) is 1.94. The quantitative estimate of drug-likeness (QED) is 0.917. The van der Waals surface area contributed by atoms with Gasteiger partial charge in [0.05, 0.1) is 0 Å². The van der Waals surface area contributed by atoms with E-state index in [1.54, 1.807) is 0 Å². The third-order valence-electron chi connectivity index (χ3n) is 1.51. The van der Waals surface area contributed by atoms with Gasteiger partial charge in [0.2, 0.25) is 0 Å². The molecule has 0 bridgehead atoms. The molecule has 0 aromatic carbocycles. The van der Waals surface area contributed by atoms with Crippen LogP contribution in [0.2, 0.25) is 4.34 Å². The van der Waals surface area contributed by atoms with Crippen molar-refractivity contribution < 1.29 is 9.90 Å². The number of hydrogen-bond acceptors (Lipinski definition) is 2. The first-order valence-electron chi connectivity index (χ1n) is 3.75. The molecule has 1 rings (SSSR count). The molecule has 0 aliphatic carbocycles. The van der Waals surface area contributed by atoms with Crippen molar-refractivity contribution in [2.45, 2.75) is 19.3 Å². The molecule has 0 fully saturated rings. The Kier molecular flexibility index (Phi) is 4.22. The average molecular weight is 284 g/mol. The van der Waals surface area contributed by atoms with Crippen LogP contribution in [0.15, 0.2) is 10.5 Å². The highest BCUT2D eigenvalue weighted by Gasteiger charge is 2.05. The van der Waals surface area contributed by atoms with Crippen molar-refractivity contribution in [3.05, 3.63) is 19.8 Å². The van der Waals surface area contributed by atoms with E-state index in [9.17, 15) is 4.79 Å². The van der Waals surface area contributed by atoms with Crippen molar-refractivity contribution in [2.75, 3.05) is 0 Å². The Balaban J connectivity index is 2.41. The number of hydrogen-bond donors (Lipinski definition) is 1. The topological polar surface area (TPSA) is 37.3 Å². The molecule has 2 nitrogen and oxygen atoms in total. The molecule has 0 amide bonds. The van der Waals surface area contributed by atoms with Crippen molar-refractivity contribution in [1.82, 2.24) is 0 Å². The van der Waals surface area contributed by atoms with E-state index in [-0.39, 0.29) is 6.42 Å². The van der Waals surface area contributed by atoms with Crippen molar-refractivity contribution in [2.24, 2.45) is 0 Å². The van der Waals surface area contributed by atoms with Crippen LogP contribution in [0, 0.1) is 0 Å². The SMILES string of the molecule is O=C(O)CCCc1cc(Br)c(Cl)s1. The van der Waals surface area contributed by atoms with Crippen molar-refractivity contribution >= 4 is 44.8 Å². The summed E-state index contributed by atoms with van der Waals surface area (Å²) in [4.78, 5) is 11.4. The van der Waals surface area contributed by atoms with Crippen LogP contribution in [0.5, 0.6) is 0 Å². The van der Waals surface area contributed by atoms with E-state index < -0.39 is 5.97 Å². The summed E-state index contributed by atoms with van der Waals surface area (Å²) in [5.74, 6) is -0.748. The standard InChI is InChI=1S/C8H8BrClO2S/c9-6-4-5(13-8(6)10)2-1-3-7(11)12/h4H,1-3H2,(H,11,12). The van der Waals surface area contributed by atoms with Gasteiger partial charge >= 0.3 is 5.97 Å². The van der Waals surface area contributed by atoms with Gasteiger partial charge in [0, 0.05) is 15.8 Å². The second kappa shape index (κ2) is 4.98. The van der Waals surface area contributed by atoms with Crippen LogP contribution in [-0.2, 0) is 11.2 Å². The Morgan fingerprint density at radius 2 is 2.38 bits per heavy atom. The molecule has 72 valence electrons. The van der Waals surface area contributed by atoms with Gasteiger partial charge in [-0.1, -0.05) is 11.6 Å². The Hall–Kier alpha value is -0.0600. The average Bonchev–Trinajstić information content (AvgIpc) is 2.30. The minimum Gasteiger partial charge on any atom is -0.481 e. The van der Waals surface area contributed by atoms with Gasteiger partial charge in [0.15, 0.2) is 0 Å². The molecule has 0 aliphatic heterocycles. The third kappa shape index (κ3) is 3.67. The number of carboxylic acid groups (broad SMARTS) is 1. The van der Waals surface area contributed by atoms with Crippen molar-refractivity contribution in [3.63, 3.8) is 0 Å². The van der Waals surface area contributed by atoms with Gasteiger partial charge < -0.3 is 5.11 Å². The molecule has 0 atom stereocenters. The van der Waals surface area contributed by atoms with Crippen LogP contribution >= 0.6 is 38.9 Å². The first-order chi connectivity index (χ1) is 6.09. The van der Waals surface area contributed by atoms with E-state index >= 15 is 0 Å². The van der Waals surface area contributed by atoms with E-state index in [0.717, 1.165) is 20.1 Å². The molecule has 1 heterocycles. The van der Waals surface area contributed by atoms with Gasteiger partial charge in [-0.25, -0.2) is 0 Å². The summed E-state index contributed by atoms with van der Waals surface area (Å²) in [5, 5.41) is 8.42. The molecular formula is C8H8BrClO2S. The highest BCUT2D eigenvalue weighted by atomic mass is 79.9. The smallest absolute Gasteiger partial charge is 0.303 e. The molecule has 0 unspecified atom stereocenters. The lowest BCUT2D eigenvalue weighted by atomic mass is 10.2. The first-order valence-corrected chi connectivity index (χ1v) is 5.74. The number of rotatable bonds is 4. The number of carboxylic acids is 1. The molecule has 5 heteroatoms. The van der Waals surface area contributed by atoms with Gasteiger partial charge in [0.25, 0.3) is 0 Å². The number of carbonyl (C=O) groups is 1. The van der Waals surface area contributed by atoms with E-state index in [1.165, 1.54) is 11.3 Å². The van der Waals surface area contributed by atoms with Gasteiger partial charge in [-0.05, 0) is 34.8 Å². The van der Waals surface area contributed by atoms with E-state index in [1.807, 2.05) is 6.07 Å². The predicted octanol–water partition coefficient (Wildman–Crippen LogP) is 3.57. The maximum atomic E-state index is 10.2. The Bertz CT molecular complexity index is 292. The second-order valence-corrected chi connectivity index (χ2v) is 5.17. The first kappa shape index (κ1) is 11.0. The summed E-state index contributed by atoms with van der Waals surface area (Å²) < 4.78 is 1.62. The molecule has 0 spiro atoms. The highest BCUT2D eigenvalue weighted by Crippen LogP contribution is 2.32. The normalized spacial score (nSPS) is 10.3.